The van der Waals surface area contributed by atoms with Crippen molar-refractivity contribution in [3.8, 4) is 0 Å². The van der Waals surface area contributed by atoms with Crippen LogP contribution in [0.15, 0.2) is 6.33 Å². The number of carbonyl (C=O) groups excluding carboxylic acids is 1. The maximum Gasteiger partial charge on any atom is 0.258 e. The maximum absolute atomic E-state index is 11.8. The third kappa shape index (κ3) is 3.06. The van der Waals surface area contributed by atoms with Gasteiger partial charge in [0, 0.05) is 13.6 Å². The van der Waals surface area contributed by atoms with Crippen LogP contribution in [0.3, 0.4) is 0 Å². The first-order valence-corrected chi connectivity index (χ1v) is 5.55. The Morgan fingerprint density at radius 2 is 2.25 bits per heavy atom. The van der Waals surface area contributed by atoms with Crippen LogP contribution in [0.25, 0.3) is 0 Å². The lowest BCUT2D eigenvalue weighted by Gasteiger charge is -2.09. The van der Waals surface area contributed by atoms with Gasteiger partial charge >= 0.3 is 0 Å². The summed E-state index contributed by atoms with van der Waals surface area (Å²) in [6.07, 6.45) is 3.28. The predicted molar refractivity (Wildman–Crippen MR) is 63.8 cm³/mol. The van der Waals surface area contributed by atoms with Crippen LogP contribution in [0.2, 0.25) is 5.15 Å². The summed E-state index contributed by atoms with van der Waals surface area (Å²) < 4.78 is 0. The molecule has 0 aliphatic rings. The quantitative estimate of drug-likeness (QED) is 0.609. The fraction of sp³-hybridized carbons (Fsp3) is 0.500. The number of hydrogen-bond acceptors (Lipinski definition) is 4. The van der Waals surface area contributed by atoms with Crippen molar-refractivity contribution in [2.45, 2.75) is 19.8 Å². The molecule has 0 aromatic carbocycles. The van der Waals surface area contributed by atoms with Crippen molar-refractivity contribution in [3.63, 3.8) is 0 Å². The van der Waals surface area contributed by atoms with E-state index in [4.69, 9.17) is 11.6 Å². The van der Waals surface area contributed by atoms with Crippen LogP contribution in [0.5, 0.6) is 0 Å². The molecule has 0 atom stereocenters. The van der Waals surface area contributed by atoms with E-state index in [-0.39, 0.29) is 11.1 Å². The first-order chi connectivity index (χ1) is 7.70. The Labute approximate surface area is 99.6 Å². The Kier molecular flexibility index (Phi) is 4.98. The zero-order valence-electron chi connectivity index (χ0n) is 9.38. The van der Waals surface area contributed by atoms with Gasteiger partial charge in [0.05, 0.1) is 0 Å². The van der Waals surface area contributed by atoms with Gasteiger partial charge in [-0.1, -0.05) is 24.9 Å². The molecule has 0 unspecified atom stereocenters. The number of rotatable bonds is 5. The molecule has 2 N–H and O–H groups in total. The lowest BCUT2D eigenvalue weighted by Crippen LogP contribution is -2.26. The van der Waals surface area contributed by atoms with Gasteiger partial charge in [0.25, 0.3) is 5.91 Å². The van der Waals surface area contributed by atoms with E-state index in [0.717, 1.165) is 12.8 Å². The summed E-state index contributed by atoms with van der Waals surface area (Å²) in [5.41, 5.74) is 0.294. The summed E-state index contributed by atoms with van der Waals surface area (Å²) >= 11 is 5.86. The molecule has 1 aromatic rings. The number of hydrogen-bond donors (Lipinski definition) is 2. The molecule has 16 heavy (non-hydrogen) atoms. The molecule has 0 aliphatic carbocycles. The normalized spacial score (nSPS) is 9.94. The largest absolute Gasteiger partial charge is 0.372 e. The third-order valence-corrected chi connectivity index (χ3v) is 2.37. The Balaban J connectivity index is 2.81. The number of aromatic nitrogens is 2. The van der Waals surface area contributed by atoms with E-state index >= 15 is 0 Å². The number of nitrogens with one attached hydrogen (secondary N) is 2. The zero-order valence-corrected chi connectivity index (χ0v) is 10.1. The molecule has 5 nitrogen and oxygen atoms in total. The summed E-state index contributed by atoms with van der Waals surface area (Å²) in [6.45, 7) is 2.69. The second-order valence-corrected chi connectivity index (χ2v) is 3.61. The van der Waals surface area contributed by atoms with Crippen molar-refractivity contribution in [1.29, 1.82) is 0 Å². The van der Waals surface area contributed by atoms with Gasteiger partial charge in [-0.05, 0) is 6.42 Å². The van der Waals surface area contributed by atoms with Crippen LogP contribution in [-0.2, 0) is 0 Å². The monoisotopic (exact) mass is 242 g/mol. The van der Waals surface area contributed by atoms with Gasteiger partial charge < -0.3 is 10.6 Å². The third-order valence-electron chi connectivity index (χ3n) is 2.08. The van der Waals surface area contributed by atoms with E-state index in [1.165, 1.54) is 6.33 Å². The number of nitrogens with zero attached hydrogens (tertiary/aromatic N) is 2. The smallest absolute Gasteiger partial charge is 0.258 e. The van der Waals surface area contributed by atoms with Crippen molar-refractivity contribution in [2.24, 2.45) is 0 Å². The second-order valence-electron chi connectivity index (χ2n) is 3.25. The Hall–Kier alpha value is -1.36. The average Bonchev–Trinajstić information content (AvgIpc) is 2.28. The molecule has 0 aliphatic heterocycles. The van der Waals surface area contributed by atoms with Crippen LogP contribution in [-0.4, -0.2) is 29.5 Å². The van der Waals surface area contributed by atoms with Gasteiger partial charge in [-0.15, -0.1) is 0 Å². The maximum atomic E-state index is 11.8. The standard InChI is InChI=1S/C10H15ClN4O/c1-3-4-5-13-10(16)7-8(11)14-6-15-9(7)12-2/h6H,3-5H2,1-2H3,(H,13,16)(H,12,14,15). The minimum Gasteiger partial charge on any atom is -0.372 e. The van der Waals surface area contributed by atoms with E-state index in [1.54, 1.807) is 7.05 Å². The van der Waals surface area contributed by atoms with E-state index in [0.29, 0.717) is 17.9 Å². The van der Waals surface area contributed by atoms with Crippen LogP contribution < -0.4 is 10.6 Å². The number of halogens is 1. The van der Waals surface area contributed by atoms with Gasteiger partial charge in [-0.25, -0.2) is 9.97 Å². The van der Waals surface area contributed by atoms with E-state index in [1.807, 2.05) is 0 Å². The summed E-state index contributed by atoms with van der Waals surface area (Å²) in [6, 6.07) is 0. The molecule has 0 radical (unpaired) electrons. The van der Waals surface area contributed by atoms with Gasteiger partial charge in [-0.2, -0.15) is 0 Å². The molecular weight excluding hydrogens is 228 g/mol. The molecule has 1 rings (SSSR count). The molecule has 0 spiro atoms. The highest BCUT2D eigenvalue weighted by molar-refractivity contribution is 6.33. The van der Waals surface area contributed by atoms with Crippen LogP contribution in [0, 0.1) is 0 Å². The fourth-order valence-corrected chi connectivity index (χ4v) is 1.44. The van der Waals surface area contributed by atoms with Crippen molar-refractivity contribution in [2.75, 3.05) is 18.9 Å². The summed E-state index contributed by atoms with van der Waals surface area (Å²) in [5.74, 6) is 0.192. The highest BCUT2D eigenvalue weighted by Crippen LogP contribution is 2.18. The first-order valence-electron chi connectivity index (χ1n) is 5.17. The summed E-state index contributed by atoms with van der Waals surface area (Å²) in [7, 11) is 1.68. The van der Waals surface area contributed by atoms with Gasteiger partial charge in [0.15, 0.2) is 0 Å². The second kappa shape index (κ2) is 6.27. The summed E-state index contributed by atoms with van der Waals surface area (Å²) in [4.78, 5) is 19.5. The van der Waals surface area contributed by atoms with Crippen LogP contribution >= 0.6 is 11.6 Å². The Morgan fingerprint density at radius 3 is 2.88 bits per heavy atom. The lowest BCUT2D eigenvalue weighted by atomic mass is 10.2. The molecule has 6 heteroatoms. The van der Waals surface area contributed by atoms with Crippen LogP contribution in [0.4, 0.5) is 5.82 Å². The predicted octanol–water partition coefficient (Wildman–Crippen LogP) is 1.70. The van der Waals surface area contributed by atoms with Crippen molar-refractivity contribution in [3.05, 3.63) is 17.0 Å². The average molecular weight is 243 g/mol. The van der Waals surface area contributed by atoms with E-state index in [2.05, 4.69) is 27.5 Å². The molecule has 88 valence electrons. The minimum atomic E-state index is -0.247. The number of carbonyl (C=O) groups is 1. The molecule has 1 aromatic heterocycles. The fourth-order valence-electron chi connectivity index (χ4n) is 1.22. The Bertz CT molecular complexity index is 370. The first kappa shape index (κ1) is 12.7. The van der Waals surface area contributed by atoms with Gasteiger partial charge in [0.1, 0.15) is 22.9 Å². The lowest BCUT2D eigenvalue weighted by molar-refractivity contribution is 0.0953. The molecule has 0 saturated heterocycles. The number of anilines is 1. The van der Waals surface area contributed by atoms with Crippen molar-refractivity contribution >= 4 is 23.3 Å². The minimum absolute atomic E-state index is 0.161. The summed E-state index contributed by atoms with van der Waals surface area (Å²) in [5, 5.41) is 5.74. The van der Waals surface area contributed by atoms with E-state index < -0.39 is 0 Å². The number of amides is 1. The Morgan fingerprint density at radius 1 is 1.50 bits per heavy atom. The zero-order chi connectivity index (χ0) is 12.0. The van der Waals surface area contributed by atoms with E-state index in [9.17, 15) is 4.79 Å². The van der Waals surface area contributed by atoms with Gasteiger partial charge in [0.2, 0.25) is 0 Å². The van der Waals surface area contributed by atoms with Gasteiger partial charge in [-0.3, -0.25) is 4.79 Å². The topological polar surface area (TPSA) is 66.9 Å². The highest BCUT2D eigenvalue weighted by Gasteiger charge is 2.16. The molecule has 0 bridgehead atoms. The van der Waals surface area contributed by atoms with Crippen molar-refractivity contribution < 1.29 is 4.79 Å². The molecule has 0 saturated carbocycles. The molecular formula is C10H15ClN4O. The number of unbranched alkanes of at least 4 members (excludes halogenated alkanes) is 1. The van der Waals surface area contributed by atoms with Crippen LogP contribution in [0.1, 0.15) is 30.1 Å². The molecule has 1 heterocycles. The molecule has 1 amide bonds. The molecule has 0 fully saturated rings. The SMILES string of the molecule is CCCCNC(=O)c1c(Cl)ncnc1NC. The highest BCUT2D eigenvalue weighted by atomic mass is 35.5. The van der Waals surface area contributed by atoms with Crippen molar-refractivity contribution in [1.82, 2.24) is 15.3 Å².